The second-order valence-corrected chi connectivity index (χ2v) is 5.92. The van der Waals surface area contributed by atoms with Crippen LogP contribution in [0, 0.1) is 5.92 Å². The maximum Gasteiger partial charge on any atom is 0.0589 e. The molecule has 0 saturated heterocycles. The molecule has 0 radical (unpaired) electrons. The molecule has 0 spiro atoms. The molecule has 4 heteroatoms. The molecule has 4 nitrogen and oxygen atoms in total. The summed E-state index contributed by atoms with van der Waals surface area (Å²) in [6.45, 7) is 6.12. The highest BCUT2D eigenvalue weighted by atomic mass is 16.5. The molecule has 1 fully saturated rings. The maximum absolute atomic E-state index is 5.30. The van der Waals surface area contributed by atoms with E-state index in [-0.39, 0.29) is 0 Å². The number of likely N-dealkylation sites (N-methyl/N-ethyl adjacent to an activating group) is 1. The Morgan fingerprint density at radius 3 is 2.45 bits per heavy atom. The summed E-state index contributed by atoms with van der Waals surface area (Å²) in [5.41, 5.74) is 0. The lowest BCUT2D eigenvalue weighted by Gasteiger charge is -2.42. The van der Waals surface area contributed by atoms with Crippen LogP contribution in [0.15, 0.2) is 0 Å². The third-order valence-corrected chi connectivity index (χ3v) is 4.72. The fraction of sp³-hybridized carbons (Fsp3) is 1.00. The Morgan fingerprint density at radius 2 is 1.85 bits per heavy atom. The van der Waals surface area contributed by atoms with Crippen LogP contribution >= 0.6 is 0 Å². The van der Waals surface area contributed by atoms with Gasteiger partial charge in [0, 0.05) is 46.0 Å². The summed E-state index contributed by atoms with van der Waals surface area (Å²) < 4.78 is 10.5. The van der Waals surface area contributed by atoms with Gasteiger partial charge in [-0.2, -0.15) is 0 Å². The van der Waals surface area contributed by atoms with Crippen LogP contribution in [0.25, 0.3) is 0 Å². The maximum atomic E-state index is 5.30. The summed E-state index contributed by atoms with van der Waals surface area (Å²) in [6.07, 6.45) is 6.40. The van der Waals surface area contributed by atoms with Crippen LogP contribution in [0.5, 0.6) is 0 Å². The van der Waals surface area contributed by atoms with E-state index in [0.29, 0.717) is 12.1 Å². The van der Waals surface area contributed by atoms with Crippen molar-refractivity contribution in [2.24, 2.45) is 5.92 Å². The van der Waals surface area contributed by atoms with Crippen molar-refractivity contribution in [2.75, 3.05) is 47.6 Å². The lowest BCUT2D eigenvalue weighted by molar-refractivity contribution is 0.0616. The molecular weight excluding hydrogens is 252 g/mol. The molecule has 20 heavy (non-hydrogen) atoms. The van der Waals surface area contributed by atoms with E-state index in [0.717, 1.165) is 38.6 Å². The number of nitrogens with zero attached hydrogens (tertiary/aromatic N) is 1. The van der Waals surface area contributed by atoms with Gasteiger partial charge in [0.2, 0.25) is 0 Å². The van der Waals surface area contributed by atoms with Crippen molar-refractivity contribution in [1.29, 1.82) is 0 Å². The minimum Gasteiger partial charge on any atom is -0.385 e. The van der Waals surface area contributed by atoms with Crippen molar-refractivity contribution in [3.05, 3.63) is 0 Å². The van der Waals surface area contributed by atoms with Gasteiger partial charge in [-0.1, -0.05) is 13.3 Å². The fourth-order valence-electron chi connectivity index (χ4n) is 3.41. The number of methoxy groups -OCH3 is 2. The molecule has 1 N–H and O–H groups in total. The zero-order chi connectivity index (χ0) is 14.8. The summed E-state index contributed by atoms with van der Waals surface area (Å²) in [5, 5.41) is 3.53. The first-order chi connectivity index (χ1) is 9.76. The molecule has 1 aliphatic carbocycles. The zero-order valence-corrected chi connectivity index (χ0v) is 13.9. The lowest BCUT2D eigenvalue weighted by Crippen LogP contribution is -2.53. The SMILES string of the molecule is CCC1CCC(NC)C(N(CCCOC)CCOC)C1. The Morgan fingerprint density at radius 1 is 1.10 bits per heavy atom. The van der Waals surface area contributed by atoms with Crippen LogP contribution in [0.3, 0.4) is 0 Å². The van der Waals surface area contributed by atoms with Crippen LogP contribution < -0.4 is 5.32 Å². The second-order valence-electron chi connectivity index (χ2n) is 5.92. The van der Waals surface area contributed by atoms with Gasteiger partial charge in [-0.05, 0) is 38.6 Å². The molecule has 0 heterocycles. The molecule has 1 saturated carbocycles. The number of hydrogen-bond acceptors (Lipinski definition) is 4. The molecule has 1 aliphatic rings. The first-order valence-corrected chi connectivity index (χ1v) is 8.15. The van der Waals surface area contributed by atoms with Crippen LogP contribution in [0.2, 0.25) is 0 Å². The van der Waals surface area contributed by atoms with E-state index in [1.165, 1.54) is 25.7 Å². The average molecular weight is 286 g/mol. The van der Waals surface area contributed by atoms with Gasteiger partial charge in [0.15, 0.2) is 0 Å². The Hall–Kier alpha value is -0.160. The Bertz CT molecular complexity index is 239. The smallest absolute Gasteiger partial charge is 0.0589 e. The molecular formula is C16H34N2O2. The van der Waals surface area contributed by atoms with E-state index in [9.17, 15) is 0 Å². The third-order valence-electron chi connectivity index (χ3n) is 4.72. The predicted octanol–water partition coefficient (Wildman–Crippen LogP) is 2.14. The molecule has 120 valence electrons. The quantitative estimate of drug-likeness (QED) is 0.624. The van der Waals surface area contributed by atoms with E-state index < -0.39 is 0 Å². The van der Waals surface area contributed by atoms with Crippen molar-refractivity contribution in [2.45, 2.75) is 51.1 Å². The Balaban J connectivity index is 2.61. The minimum atomic E-state index is 0.622. The molecule has 0 aliphatic heterocycles. The monoisotopic (exact) mass is 286 g/mol. The normalized spacial score (nSPS) is 27.1. The molecule has 0 aromatic rings. The van der Waals surface area contributed by atoms with Gasteiger partial charge in [-0.15, -0.1) is 0 Å². The summed E-state index contributed by atoms with van der Waals surface area (Å²) in [4.78, 5) is 2.62. The van der Waals surface area contributed by atoms with Gasteiger partial charge in [-0.25, -0.2) is 0 Å². The highest BCUT2D eigenvalue weighted by Gasteiger charge is 2.32. The number of hydrogen-bond donors (Lipinski definition) is 1. The lowest BCUT2D eigenvalue weighted by atomic mass is 9.80. The molecule has 0 amide bonds. The van der Waals surface area contributed by atoms with Gasteiger partial charge in [-0.3, -0.25) is 4.90 Å². The van der Waals surface area contributed by atoms with E-state index in [2.05, 4.69) is 24.2 Å². The molecule has 0 aromatic heterocycles. The average Bonchev–Trinajstić information content (AvgIpc) is 2.50. The number of ether oxygens (including phenoxy) is 2. The molecule has 0 aromatic carbocycles. The molecule has 3 atom stereocenters. The first-order valence-electron chi connectivity index (χ1n) is 8.15. The number of nitrogens with one attached hydrogen (secondary N) is 1. The second kappa shape index (κ2) is 10.6. The molecule has 1 rings (SSSR count). The van der Waals surface area contributed by atoms with E-state index in [4.69, 9.17) is 9.47 Å². The first kappa shape index (κ1) is 17.9. The van der Waals surface area contributed by atoms with Crippen LogP contribution in [0.1, 0.15) is 39.0 Å². The number of rotatable bonds is 10. The summed E-state index contributed by atoms with van der Waals surface area (Å²) in [5.74, 6) is 0.886. The molecule has 0 bridgehead atoms. The standard InChI is InChI=1S/C16H34N2O2/c1-5-14-7-8-15(17-2)16(13-14)18(10-12-20-4)9-6-11-19-3/h14-17H,5-13H2,1-4H3. The van der Waals surface area contributed by atoms with Crippen molar-refractivity contribution >= 4 is 0 Å². The Kier molecular flexibility index (Phi) is 9.44. The Labute approximate surface area is 125 Å². The van der Waals surface area contributed by atoms with Gasteiger partial charge in [0.25, 0.3) is 0 Å². The largest absolute Gasteiger partial charge is 0.385 e. The summed E-state index contributed by atoms with van der Waals surface area (Å²) in [6, 6.07) is 1.27. The van der Waals surface area contributed by atoms with E-state index in [1.807, 2.05) is 0 Å². The summed E-state index contributed by atoms with van der Waals surface area (Å²) >= 11 is 0. The van der Waals surface area contributed by atoms with E-state index in [1.54, 1.807) is 14.2 Å². The zero-order valence-electron chi connectivity index (χ0n) is 13.9. The van der Waals surface area contributed by atoms with Crippen molar-refractivity contribution < 1.29 is 9.47 Å². The van der Waals surface area contributed by atoms with Crippen LogP contribution in [0.4, 0.5) is 0 Å². The van der Waals surface area contributed by atoms with Gasteiger partial charge < -0.3 is 14.8 Å². The third kappa shape index (κ3) is 5.68. The highest BCUT2D eigenvalue weighted by molar-refractivity contribution is 4.90. The van der Waals surface area contributed by atoms with E-state index >= 15 is 0 Å². The van der Waals surface area contributed by atoms with Crippen molar-refractivity contribution in [3.63, 3.8) is 0 Å². The predicted molar refractivity (Wildman–Crippen MR) is 84.2 cm³/mol. The van der Waals surface area contributed by atoms with Gasteiger partial charge in [0.05, 0.1) is 6.61 Å². The minimum absolute atomic E-state index is 0.622. The van der Waals surface area contributed by atoms with Gasteiger partial charge >= 0.3 is 0 Å². The fourth-order valence-corrected chi connectivity index (χ4v) is 3.41. The van der Waals surface area contributed by atoms with Crippen LogP contribution in [-0.2, 0) is 9.47 Å². The van der Waals surface area contributed by atoms with Crippen molar-refractivity contribution in [3.8, 4) is 0 Å². The molecule has 3 unspecified atom stereocenters. The van der Waals surface area contributed by atoms with Crippen molar-refractivity contribution in [1.82, 2.24) is 10.2 Å². The van der Waals surface area contributed by atoms with Gasteiger partial charge in [0.1, 0.15) is 0 Å². The summed E-state index contributed by atoms with van der Waals surface area (Å²) in [7, 11) is 5.68. The topological polar surface area (TPSA) is 33.7 Å². The van der Waals surface area contributed by atoms with Crippen LogP contribution in [-0.4, -0.2) is 64.6 Å². The highest BCUT2D eigenvalue weighted by Crippen LogP contribution is 2.30.